The number of carbonyl (C=O) groups is 2. The molecule has 0 radical (unpaired) electrons. The fraction of sp³-hybridized carbons (Fsp3) is 0.500. The van der Waals surface area contributed by atoms with Crippen LogP contribution in [0, 0.1) is 11.8 Å². The van der Waals surface area contributed by atoms with Crippen LogP contribution in [0.2, 0.25) is 0 Å². The number of hydrogen-bond acceptors (Lipinski definition) is 9. The van der Waals surface area contributed by atoms with Gasteiger partial charge in [0.2, 0.25) is 0 Å². The van der Waals surface area contributed by atoms with Gasteiger partial charge in [0.1, 0.15) is 24.2 Å². The average molecular weight is 517 g/mol. The first-order chi connectivity index (χ1) is 17.8. The first kappa shape index (κ1) is 28.4. The Morgan fingerprint density at radius 1 is 1.03 bits per heavy atom. The second-order valence-electron chi connectivity index (χ2n) is 9.09. The van der Waals surface area contributed by atoms with Gasteiger partial charge in [0.05, 0.1) is 43.5 Å². The van der Waals surface area contributed by atoms with Crippen LogP contribution >= 0.6 is 0 Å². The smallest absolute Gasteiger partial charge is 0.339 e. The summed E-state index contributed by atoms with van der Waals surface area (Å²) in [5.74, 6) is 0.0291. The lowest BCUT2D eigenvalue weighted by atomic mass is 9.90. The Morgan fingerprint density at radius 3 is 2.41 bits per heavy atom. The minimum absolute atomic E-state index is 0.0434. The summed E-state index contributed by atoms with van der Waals surface area (Å²) < 4.78 is 21.8. The zero-order valence-electron chi connectivity index (χ0n) is 21.2. The first-order valence-corrected chi connectivity index (χ1v) is 12.6. The van der Waals surface area contributed by atoms with E-state index in [1.54, 1.807) is 43.3 Å². The minimum atomic E-state index is -1.04. The highest BCUT2D eigenvalue weighted by Gasteiger charge is 2.31. The highest BCUT2D eigenvalue weighted by Crippen LogP contribution is 2.32. The van der Waals surface area contributed by atoms with Crippen LogP contribution in [0.25, 0.3) is 5.57 Å². The number of aliphatic hydroxyl groups excluding tert-OH is 3. The van der Waals surface area contributed by atoms with Crippen molar-refractivity contribution < 1.29 is 43.9 Å². The van der Waals surface area contributed by atoms with Crippen molar-refractivity contribution in [3.05, 3.63) is 59.9 Å². The molecule has 9 heteroatoms. The summed E-state index contributed by atoms with van der Waals surface area (Å²) in [6, 6.07) is 7.01. The molecule has 5 atom stereocenters. The molecule has 202 valence electrons. The van der Waals surface area contributed by atoms with Crippen molar-refractivity contribution >= 4 is 17.5 Å². The number of carbonyl (C=O) groups excluding carboxylic acids is 2. The maximum atomic E-state index is 12.6. The Hall–Kier alpha value is -3.14. The number of allylic oxidation sites excluding steroid dienone is 1. The first-order valence-electron chi connectivity index (χ1n) is 12.6. The SMILES string of the molecule is CCC(C)C(=O)OCCC(O)C(O)CCOC1=CC2OC(=O)C(c3ccc(OCCO)cc3)=CC2C=C1. The number of hydrogen-bond donors (Lipinski definition) is 3. The summed E-state index contributed by atoms with van der Waals surface area (Å²) in [6.07, 6.45) is 5.70. The van der Waals surface area contributed by atoms with E-state index in [0.29, 0.717) is 29.1 Å². The molecule has 0 spiro atoms. The van der Waals surface area contributed by atoms with E-state index in [9.17, 15) is 19.8 Å². The molecule has 1 heterocycles. The van der Waals surface area contributed by atoms with Crippen LogP contribution in [-0.4, -0.2) is 72.0 Å². The van der Waals surface area contributed by atoms with E-state index in [-0.39, 0.29) is 57.1 Å². The van der Waals surface area contributed by atoms with Crippen LogP contribution in [0.3, 0.4) is 0 Å². The van der Waals surface area contributed by atoms with Crippen LogP contribution in [0.5, 0.6) is 5.75 Å². The Labute approximate surface area is 217 Å². The van der Waals surface area contributed by atoms with Gasteiger partial charge >= 0.3 is 11.9 Å². The lowest BCUT2D eigenvalue weighted by molar-refractivity contribution is -0.149. The molecule has 3 N–H and O–H groups in total. The molecule has 37 heavy (non-hydrogen) atoms. The molecule has 0 bridgehead atoms. The quantitative estimate of drug-likeness (QED) is 0.319. The van der Waals surface area contributed by atoms with Gasteiger partial charge in [-0.1, -0.05) is 38.1 Å². The molecule has 9 nitrogen and oxygen atoms in total. The van der Waals surface area contributed by atoms with E-state index in [4.69, 9.17) is 24.1 Å². The molecule has 2 aliphatic rings. The van der Waals surface area contributed by atoms with Gasteiger partial charge in [0.15, 0.2) is 0 Å². The van der Waals surface area contributed by atoms with Crippen molar-refractivity contribution in [2.45, 2.75) is 51.4 Å². The molecule has 5 unspecified atom stereocenters. The standard InChI is InChI=1S/C28H36O9/c1-3-18(2)27(32)36-14-11-25(31)24(30)10-13-34-22-9-6-20-16-23(28(33)37-26(20)17-22)19-4-7-21(8-5-19)35-15-12-29/h4-9,16-18,20,24-26,29-31H,3,10-15H2,1-2H3. The second-order valence-corrected chi connectivity index (χ2v) is 9.09. The summed E-state index contributed by atoms with van der Waals surface area (Å²) >= 11 is 0. The number of ether oxygens (including phenoxy) is 4. The fourth-order valence-corrected chi connectivity index (χ4v) is 3.83. The highest BCUT2D eigenvalue weighted by molar-refractivity contribution is 6.17. The van der Waals surface area contributed by atoms with E-state index in [2.05, 4.69) is 0 Å². The van der Waals surface area contributed by atoms with Crippen molar-refractivity contribution in [2.75, 3.05) is 26.4 Å². The maximum absolute atomic E-state index is 12.6. The fourth-order valence-electron chi connectivity index (χ4n) is 3.83. The van der Waals surface area contributed by atoms with Crippen LogP contribution in [0.4, 0.5) is 0 Å². The van der Waals surface area contributed by atoms with Gasteiger partial charge in [-0.15, -0.1) is 0 Å². The summed E-state index contributed by atoms with van der Waals surface area (Å²) in [6.45, 7) is 3.99. The van der Waals surface area contributed by atoms with Gasteiger partial charge in [-0.3, -0.25) is 4.79 Å². The predicted octanol–water partition coefficient (Wildman–Crippen LogP) is 2.54. The van der Waals surface area contributed by atoms with Crippen LogP contribution in [-0.2, 0) is 23.8 Å². The Bertz CT molecular complexity index is 995. The predicted molar refractivity (Wildman–Crippen MR) is 135 cm³/mol. The van der Waals surface area contributed by atoms with E-state index < -0.39 is 24.3 Å². The molecular formula is C28H36O9. The summed E-state index contributed by atoms with van der Waals surface area (Å²) in [7, 11) is 0. The van der Waals surface area contributed by atoms with Gasteiger partial charge < -0.3 is 34.3 Å². The van der Waals surface area contributed by atoms with Crippen molar-refractivity contribution in [2.24, 2.45) is 11.8 Å². The summed E-state index contributed by atoms with van der Waals surface area (Å²) in [5.41, 5.74) is 1.17. The van der Waals surface area contributed by atoms with E-state index >= 15 is 0 Å². The van der Waals surface area contributed by atoms with E-state index in [0.717, 1.165) is 0 Å². The molecule has 1 aromatic carbocycles. The van der Waals surface area contributed by atoms with E-state index in [1.807, 2.05) is 19.1 Å². The Morgan fingerprint density at radius 2 is 1.73 bits per heavy atom. The third-order valence-corrected chi connectivity index (χ3v) is 6.34. The van der Waals surface area contributed by atoms with Gasteiger partial charge in [-0.25, -0.2) is 4.79 Å². The molecule has 0 saturated heterocycles. The highest BCUT2D eigenvalue weighted by atomic mass is 16.5. The van der Waals surface area contributed by atoms with Gasteiger partial charge in [0.25, 0.3) is 0 Å². The Kier molecular flexibility index (Phi) is 10.7. The van der Waals surface area contributed by atoms with Crippen molar-refractivity contribution in [3.63, 3.8) is 0 Å². The number of esters is 2. The van der Waals surface area contributed by atoms with Crippen molar-refractivity contribution in [3.8, 4) is 5.75 Å². The monoisotopic (exact) mass is 516 g/mol. The van der Waals surface area contributed by atoms with Gasteiger partial charge in [-0.05, 0) is 36.3 Å². The molecule has 1 aromatic rings. The molecule has 1 aliphatic carbocycles. The minimum Gasteiger partial charge on any atom is -0.494 e. The zero-order chi connectivity index (χ0) is 26.8. The number of fused-ring (bicyclic) bond motifs is 1. The molecule has 3 rings (SSSR count). The number of rotatable bonds is 14. The van der Waals surface area contributed by atoms with Crippen molar-refractivity contribution in [1.82, 2.24) is 0 Å². The molecule has 0 aromatic heterocycles. The van der Waals surface area contributed by atoms with Crippen LogP contribution in [0.1, 0.15) is 38.7 Å². The second kappa shape index (κ2) is 14.0. The lowest BCUT2D eigenvalue weighted by Crippen LogP contribution is -2.31. The van der Waals surface area contributed by atoms with E-state index in [1.165, 1.54) is 0 Å². The molecule has 1 aliphatic heterocycles. The van der Waals surface area contributed by atoms with Crippen molar-refractivity contribution in [1.29, 1.82) is 0 Å². The topological polar surface area (TPSA) is 132 Å². The van der Waals surface area contributed by atoms with Crippen LogP contribution < -0.4 is 4.74 Å². The molecule has 0 amide bonds. The normalized spacial score (nSPS) is 21.1. The average Bonchev–Trinajstić information content (AvgIpc) is 2.91. The number of benzene rings is 1. The van der Waals surface area contributed by atoms with Gasteiger partial charge in [-0.2, -0.15) is 0 Å². The summed E-state index contributed by atoms with van der Waals surface area (Å²) in [4.78, 5) is 24.3. The molecule has 0 saturated carbocycles. The van der Waals surface area contributed by atoms with Crippen LogP contribution in [0.15, 0.2) is 54.3 Å². The third kappa shape index (κ3) is 8.18. The molecule has 0 fully saturated rings. The maximum Gasteiger partial charge on any atom is 0.339 e. The zero-order valence-corrected chi connectivity index (χ0v) is 21.2. The Balaban J connectivity index is 1.45. The summed E-state index contributed by atoms with van der Waals surface area (Å²) in [5, 5.41) is 29.2. The number of aliphatic hydroxyl groups is 3. The lowest BCUT2D eigenvalue weighted by Gasteiger charge is -2.29. The van der Waals surface area contributed by atoms with Gasteiger partial charge in [0, 0.05) is 18.8 Å². The molecular weight excluding hydrogens is 480 g/mol. The largest absolute Gasteiger partial charge is 0.494 e. The third-order valence-electron chi connectivity index (χ3n) is 6.34.